The molecule has 1 aliphatic carbocycles. The molecule has 0 radical (unpaired) electrons. The predicted molar refractivity (Wildman–Crippen MR) is 61.9 cm³/mol. The first-order valence-corrected chi connectivity index (χ1v) is 6.04. The molecule has 1 saturated heterocycles. The molecule has 0 aromatic heterocycles. The van der Waals surface area contributed by atoms with Gasteiger partial charge in [0.1, 0.15) is 11.5 Å². The van der Waals surface area contributed by atoms with Gasteiger partial charge in [-0.2, -0.15) is 0 Å². The molecule has 1 heterocycles. The minimum atomic E-state index is 0.183. The summed E-state index contributed by atoms with van der Waals surface area (Å²) in [7, 11) is 0. The molecule has 1 aliphatic heterocycles. The van der Waals surface area contributed by atoms with E-state index in [1.165, 1.54) is 12.5 Å². The maximum Gasteiger partial charge on any atom is 0.122 e. The lowest BCUT2D eigenvalue weighted by Crippen LogP contribution is -2.42. The van der Waals surface area contributed by atoms with Gasteiger partial charge >= 0.3 is 0 Å². The van der Waals surface area contributed by atoms with Gasteiger partial charge in [-0.25, -0.2) is 0 Å². The van der Waals surface area contributed by atoms with Crippen LogP contribution in [0, 0.1) is 0 Å². The Morgan fingerprint density at radius 1 is 1.19 bits per heavy atom. The van der Waals surface area contributed by atoms with E-state index in [1.807, 2.05) is 6.07 Å². The first-order valence-electron chi connectivity index (χ1n) is 6.04. The Morgan fingerprint density at radius 3 is 2.94 bits per heavy atom. The average molecular weight is 219 g/mol. The fraction of sp³-hybridized carbons (Fsp3) is 0.538. The van der Waals surface area contributed by atoms with Crippen molar-refractivity contribution in [2.45, 2.75) is 37.6 Å². The van der Waals surface area contributed by atoms with Crippen molar-refractivity contribution in [1.82, 2.24) is 5.32 Å². The second kappa shape index (κ2) is 3.67. The molecule has 1 fully saturated rings. The van der Waals surface area contributed by atoms with E-state index in [4.69, 9.17) is 0 Å². The molecule has 0 amide bonds. The minimum absolute atomic E-state index is 0.183. The Hall–Kier alpha value is -1.22. The molecule has 0 spiro atoms. The van der Waals surface area contributed by atoms with E-state index in [-0.39, 0.29) is 11.5 Å². The summed E-state index contributed by atoms with van der Waals surface area (Å²) < 4.78 is 0. The normalized spacial score (nSPS) is 28.2. The number of hydrogen-bond acceptors (Lipinski definition) is 3. The molecule has 3 rings (SSSR count). The SMILES string of the molecule is Oc1cc(O)c2c(c1)[C@H]1CCCN[C@H]1CC2. The lowest BCUT2D eigenvalue weighted by Gasteiger charge is -2.38. The fourth-order valence-corrected chi connectivity index (χ4v) is 3.19. The number of hydrogen-bond donors (Lipinski definition) is 3. The Morgan fingerprint density at radius 2 is 2.06 bits per heavy atom. The smallest absolute Gasteiger partial charge is 0.122 e. The van der Waals surface area contributed by atoms with Gasteiger partial charge in [-0.15, -0.1) is 0 Å². The third-order valence-electron chi connectivity index (χ3n) is 3.93. The van der Waals surface area contributed by atoms with Crippen molar-refractivity contribution < 1.29 is 10.2 Å². The van der Waals surface area contributed by atoms with Crippen LogP contribution in [0.2, 0.25) is 0 Å². The first-order chi connectivity index (χ1) is 7.75. The third kappa shape index (κ3) is 1.47. The van der Waals surface area contributed by atoms with Crippen molar-refractivity contribution in [3.63, 3.8) is 0 Å². The van der Waals surface area contributed by atoms with Crippen LogP contribution in [-0.2, 0) is 6.42 Å². The van der Waals surface area contributed by atoms with E-state index in [0.29, 0.717) is 12.0 Å². The van der Waals surface area contributed by atoms with Gasteiger partial charge in [0, 0.05) is 12.1 Å². The summed E-state index contributed by atoms with van der Waals surface area (Å²) in [6.45, 7) is 1.10. The number of phenolic OH excluding ortho intramolecular Hbond substituents is 2. The lowest BCUT2D eigenvalue weighted by molar-refractivity contribution is 0.314. The van der Waals surface area contributed by atoms with Gasteiger partial charge < -0.3 is 15.5 Å². The van der Waals surface area contributed by atoms with Crippen LogP contribution in [-0.4, -0.2) is 22.8 Å². The molecule has 86 valence electrons. The molecule has 1 aromatic rings. The summed E-state index contributed by atoms with van der Waals surface area (Å²) in [6, 6.07) is 3.82. The zero-order chi connectivity index (χ0) is 11.1. The van der Waals surface area contributed by atoms with E-state index < -0.39 is 0 Å². The van der Waals surface area contributed by atoms with Crippen molar-refractivity contribution in [3.8, 4) is 11.5 Å². The molecule has 16 heavy (non-hydrogen) atoms. The van der Waals surface area contributed by atoms with E-state index in [0.717, 1.165) is 36.9 Å². The average Bonchev–Trinajstić information content (AvgIpc) is 2.28. The summed E-state index contributed by atoms with van der Waals surface area (Å²) in [5, 5.41) is 23.0. The van der Waals surface area contributed by atoms with E-state index in [9.17, 15) is 10.2 Å². The highest BCUT2D eigenvalue weighted by Gasteiger charge is 2.32. The summed E-state index contributed by atoms with van der Waals surface area (Å²) in [5.41, 5.74) is 2.20. The fourth-order valence-electron chi connectivity index (χ4n) is 3.19. The molecule has 2 atom stereocenters. The standard InChI is InChI=1S/C13H17NO2/c15-8-6-11-9-2-1-5-14-12(9)4-3-10(11)13(16)7-8/h6-7,9,12,14-16H,1-5H2/t9-,12+/m1/s1. The summed E-state index contributed by atoms with van der Waals surface area (Å²) in [4.78, 5) is 0. The van der Waals surface area contributed by atoms with Crippen molar-refractivity contribution in [2.24, 2.45) is 0 Å². The molecule has 3 heteroatoms. The molecule has 1 aromatic carbocycles. The van der Waals surface area contributed by atoms with Crippen LogP contribution in [0.25, 0.3) is 0 Å². The van der Waals surface area contributed by atoms with Crippen LogP contribution < -0.4 is 5.32 Å². The third-order valence-corrected chi connectivity index (χ3v) is 3.93. The Balaban J connectivity index is 2.06. The quantitative estimate of drug-likeness (QED) is 0.624. The van der Waals surface area contributed by atoms with Crippen molar-refractivity contribution in [1.29, 1.82) is 0 Å². The number of fused-ring (bicyclic) bond motifs is 3. The molecule has 0 saturated carbocycles. The van der Waals surface area contributed by atoms with Crippen molar-refractivity contribution in [2.75, 3.05) is 6.54 Å². The van der Waals surface area contributed by atoms with Crippen LogP contribution >= 0.6 is 0 Å². The Bertz CT molecular complexity index is 417. The van der Waals surface area contributed by atoms with E-state index in [1.54, 1.807) is 0 Å². The number of rotatable bonds is 0. The van der Waals surface area contributed by atoms with Crippen molar-refractivity contribution >= 4 is 0 Å². The summed E-state index contributed by atoms with van der Waals surface area (Å²) in [5.74, 6) is 0.914. The Kier molecular flexibility index (Phi) is 2.28. The van der Waals surface area contributed by atoms with Gasteiger partial charge in [-0.1, -0.05) is 0 Å². The van der Waals surface area contributed by atoms with Crippen LogP contribution in [0.4, 0.5) is 0 Å². The highest BCUT2D eigenvalue weighted by atomic mass is 16.3. The van der Waals surface area contributed by atoms with Crippen LogP contribution in [0.15, 0.2) is 12.1 Å². The summed E-state index contributed by atoms with van der Waals surface area (Å²) >= 11 is 0. The molecule has 2 aliphatic rings. The van der Waals surface area contributed by atoms with Crippen LogP contribution in [0.1, 0.15) is 36.3 Å². The predicted octanol–water partition coefficient (Wildman–Crippen LogP) is 1.88. The number of phenols is 2. The monoisotopic (exact) mass is 219 g/mol. The van der Waals surface area contributed by atoms with Crippen LogP contribution in [0.3, 0.4) is 0 Å². The Labute approximate surface area is 95.1 Å². The molecular weight excluding hydrogens is 202 g/mol. The number of piperidine rings is 1. The van der Waals surface area contributed by atoms with Gasteiger partial charge in [0.15, 0.2) is 0 Å². The molecule has 0 bridgehead atoms. The molecule has 3 N–H and O–H groups in total. The minimum Gasteiger partial charge on any atom is -0.508 e. The highest BCUT2D eigenvalue weighted by Crippen LogP contribution is 2.42. The zero-order valence-corrected chi connectivity index (χ0v) is 9.24. The second-order valence-electron chi connectivity index (χ2n) is 4.88. The maximum absolute atomic E-state index is 9.85. The second-order valence-corrected chi connectivity index (χ2v) is 4.88. The van der Waals surface area contributed by atoms with Crippen molar-refractivity contribution in [3.05, 3.63) is 23.3 Å². The molecule has 3 nitrogen and oxygen atoms in total. The largest absolute Gasteiger partial charge is 0.508 e. The van der Waals surface area contributed by atoms with Gasteiger partial charge in [0.2, 0.25) is 0 Å². The van der Waals surface area contributed by atoms with Gasteiger partial charge in [0.25, 0.3) is 0 Å². The van der Waals surface area contributed by atoms with E-state index in [2.05, 4.69) is 5.32 Å². The number of nitrogens with one attached hydrogen (secondary N) is 1. The molecule has 0 unspecified atom stereocenters. The summed E-state index contributed by atoms with van der Waals surface area (Å²) in [6.07, 6.45) is 4.34. The number of aromatic hydroxyl groups is 2. The zero-order valence-electron chi connectivity index (χ0n) is 9.24. The van der Waals surface area contributed by atoms with E-state index >= 15 is 0 Å². The first kappa shape index (κ1) is 9.97. The molecular formula is C13H17NO2. The lowest BCUT2D eigenvalue weighted by atomic mass is 9.75. The number of benzene rings is 1. The van der Waals surface area contributed by atoms with Crippen LogP contribution in [0.5, 0.6) is 11.5 Å². The topological polar surface area (TPSA) is 52.5 Å². The maximum atomic E-state index is 9.85. The highest BCUT2D eigenvalue weighted by molar-refractivity contribution is 5.49. The van der Waals surface area contributed by atoms with Gasteiger partial charge in [-0.05, 0) is 55.3 Å². The van der Waals surface area contributed by atoms with Gasteiger partial charge in [-0.3, -0.25) is 0 Å². The van der Waals surface area contributed by atoms with Gasteiger partial charge in [0.05, 0.1) is 0 Å².